The van der Waals surface area contributed by atoms with Crippen LogP contribution in [0.4, 0.5) is 5.69 Å². The lowest BCUT2D eigenvalue weighted by atomic mass is 9.97. The molecule has 0 bridgehead atoms. The summed E-state index contributed by atoms with van der Waals surface area (Å²) in [6.45, 7) is 6.04. The van der Waals surface area contributed by atoms with Crippen LogP contribution in [0.1, 0.15) is 46.5 Å². The second-order valence-corrected chi connectivity index (χ2v) is 5.84. The minimum absolute atomic E-state index is 0.177. The Morgan fingerprint density at radius 2 is 1.83 bits per heavy atom. The molecule has 134 valence electrons. The van der Waals surface area contributed by atoms with Crippen molar-refractivity contribution in [2.45, 2.75) is 52.1 Å². The Morgan fingerprint density at radius 1 is 1.17 bits per heavy atom. The van der Waals surface area contributed by atoms with Gasteiger partial charge in [-0.1, -0.05) is 26.7 Å². The number of rotatable bonds is 11. The number of hydrogen-bond donors (Lipinski definition) is 2. The summed E-state index contributed by atoms with van der Waals surface area (Å²) in [6.07, 6.45) is 3.42. The zero-order valence-electron chi connectivity index (χ0n) is 14.6. The van der Waals surface area contributed by atoms with E-state index in [-0.39, 0.29) is 5.91 Å². The third kappa shape index (κ3) is 6.58. The molecule has 0 aliphatic carbocycles. The third-order valence-corrected chi connectivity index (χ3v) is 3.59. The van der Waals surface area contributed by atoms with Gasteiger partial charge < -0.3 is 19.9 Å². The summed E-state index contributed by atoms with van der Waals surface area (Å²) in [7, 11) is 0. The van der Waals surface area contributed by atoms with Crippen molar-refractivity contribution >= 4 is 17.6 Å². The largest absolute Gasteiger partial charge is 0.482 e. The number of unbranched alkanes of at least 4 members (excludes halogenated alkanes) is 1. The molecule has 0 unspecified atom stereocenters. The first-order valence-electron chi connectivity index (χ1n) is 8.31. The van der Waals surface area contributed by atoms with E-state index in [0.717, 1.165) is 19.3 Å². The number of carbonyl (C=O) groups excluding carboxylic acids is 1. The van der Waals surface area contributed by atoms with E-state index in [1.807, 2.05) is 13.8 Å². The number of hydrogen-bond acceptors (Lipinski definition) is 4. The second kappa shape index (κ2) is 9.93. The Labute approximate surface area is 143 Å². The molecule has 0 fully saturated rings. The van der Waals surface area contributed by atoms with Crippen LogP contribution in [-0.2, 0) is 14.3 Å². The van der Waals surface area contributed by atoms with Crippen LogP contribution >= 0.6 is 0 Å². The molecule has 0 aromatic heterocycles. The molecular formula is C18H27NO5. The van der Waals surface area contributed by atoms with Gasteiger partial charge in [-0.15, -0.1) is 0 Å². The fourth-order valence-electron chi connectivity index (χ4n) is 2.14. The van der Waals surface area contributed by atoms with E-state index in [2.05, 4.69) is 12.2 Å². The summed E-state index contributed by atoms with van der Waals surface area (Å²) < 4.78 is 10.9. The fraction of sp³-hybridized carbons (Fsp3) is 0.556. The number of carboxylic acids is 1. The predicted molar refractivity (Wildman–Crippen MR) is 92.4 cm³/mol. The number of ether oxygens (including phenoxy) is 2. The maximum absolute atomic E-state index is 12.6. The van der Waals surface area contributed by atoms with Gasteiger partial charge in [0.25, 0.3) is 5.91 Å². The van der Waals surface area contributed by atoms with Gasteiger partial charge in [0, 0.05) is 12.3 Å². The molecule has 2 N–H and O–H groups in total. The first-order valence-corrected chi connectivity index (χ1v) is 8.31. The van der Waals surface area contributed by atoms with Crippen molar-refractivity contribution < 1.29 is 24.2 Å². The first-order chi connectivity index (χ1) is 11.4. The van der Waals surface area contributed by atoms with E-state index in [1.54, 1.807) is 24.3 Å². The van der Waals surface area contributed by atoms with Crippen LogP contribution in [0.15, 0.2) is 24.3 Å². The van der Waals surface area contributed by atoms with Crippen LogP contribution in [0, 0.1) is 0 Å². The number of amides is 1. The van der Waals surface area contributed by atoms with Crippen molar-refractivity contribution in [2.24, 2.45) is 0 Å². The highest BCUT2D eigenvalue weighted by atomic mass is 16.5. The monoisotopic (exact) mass is 337 g/mol. The molecule has 0 saturated carbocycles. The van der Waals surface area contributed by atoms with Gasteiger partial charge in [-0.05, 0) is 44.0 Å². The van der Waals surface area contributed by atoms with Crippen LogP contribution in [0.3, 0.4) is 0 Å². The first kappa shape index (κ1) is 20.0. The van der Waals surface area contributed by atoms with Crippen molar-refractivity contribution in [1.82, 2.24) is 0 Å². The number of nitrogens with one attached hydrogen (secondary N) is 1. The molecule has 1 amide bonds. The maximum Gasteiger partial charge on any atom is 0.341 e. The average molecular weight is 337 g/mol. The van der Waals surface area contributed by atoms with Crippen LogP contribution in [0.5, 0.6) is 5.75 Å². The van der Waals surface area contributed by atoms with Crippen molar-refractivity contribution in [3.8, 4) is 5.75 Å². The predicted octanol–water partition coefficient (Wildman–Crippen LogP) is 3.46. The number of aliphatic carboxylic acids is 1. The normalized spacial score (nSPS) is 13.1. The quantitative estimate of drug-likeness (QED) is 0.646. The van der Waals surface area contributed by atoms with Crippen LogP contribution < -0.4 is 10.1 Å². The topological polar surface area (TPSA) is 84.9 Å². The van der Waals surface area contributed by atoms with Gasteiger partial charge in [0.05, 0.1) is 0 Å². The summed E-state index contributed by atoms with van der Waals surface area (Å²) in [5.74, 6) is -0.776. The lowest BCUT2D eigenvalue weighted by Crippen LogP contribution is -2.43. The van der Waals surface area contributed by atoms with Gasteiger partial charge in [-0.25, -0.2) is 4.79 Å². The van der Waals surface area contributed by atoms with E-state index < -0.39 is 18.2 Å². The van der Waals surface area contributed by atoms with Crippen molar-refractivity contribution in [3.05, 3.63) is 24.3 Å². The van der Waals surface area contributed by atoms with E-state index in [9.17, 15) is 9.59 Å². The standard InChI is InChI=1S/C18H27NO5/c1-4-6-11-18(3,24-12-5-2)17(22)19-14-7-9-15(10-8-14)23-13-16(20)21/h7-10H,4-6,11-13H2,1-3H3,(H,19,22)(H,20,21)/t18-/m1/s1. The van der Waals surface area contributed by atoms with E-state index in [0.29, 0.717) is 24.5 Å². The van der Waals surface area contributed by atoms with Gasteiger partial charge in [-0.3, -0.25) is 4.79 Å². The Balaban J connectivity index is 2.70. The van der Waals surface area contributed by atoms with E-state index in [1.165, 1.54) is 0 Å². The van der Waals surface area contributed by atoms with Gasteiger partial charge in [0.1, 0.15) is 11.4 Å². The molecule has 1 rings (SSSR count). The molecule has 1 aromatic rings. The van der Waals surface area contributed by atoms with Crippen LogP contribution in [-0.4, -0.2) is 35.8 Å². The van der Waals surface area contributed by atoms with Crippen LogP contribution in [0.25, 0.3) is 0 Å². The molecule has 1 atom stereocenters. The Hall–Kier alpha value is -2.08. The van der Waals surface area contributed by atoms with Crippen molar-refractivity contribution in [2.75, 3.05) is 18.5 Å². The molecule has 0 saturated heterocycles. The van der Waals surface area contributed by atoms with Crippen molar-refractivity contribution in [3.63, 3.8) is 0 Å². The van der Waals surface area contributed by atoms with Crippen LogP contribution in [0.2, 0.25) is 0 Å². The smallest absolute Gasteiger partial charge is 0.341 e. The molecule has 24 heavy (non-hydrogen) atoms. The summed E-state index contributed by atoms with van der Waals surface area (Å²) in [5.41, 5.74) is -0.240. The molecule has 1 aromatic carbocycles. The highest BCUT2D eigenvalue weighted by molar-refractivity contribution is 5.97. The Bertz CT molecular complexity index is 519. The van der Waals surface area contributed by atoms with Gasteiger partial charge >= 0.3 is 5.97 Å². The maximum atomic E-state index is 12.6. The summed E-state index contributed by atoms with van der Waals surface area (Å²) >= 11 is 0. The highest BCUT2D eigenvalue weighted by Crippen LogP contribution is 2.23. The summed E-state index contributed by atoms with van der Waals surface area (Å²) in [4.78, 5) is 23.1. The minimum atomic E-state index is -1.04. The third-order valence-electron chi connectivity index (χ3n) is 3.59. The number of benzene rings is 1. The van der Waals surface area contributed by atoms with E-state index in [4.69, 9.17) is 14.6 Å². The van der Waals surface area contributed by atoms with Gasteiger partial charge in [0.15, 0.2) is 6.61 Å². The molecule has 6 nitrogen and oxygen atoms in total. The molecule has 6 heteroatoms. The Morgan fingerprint density at radius 3 is 2.38 bits per heavy atom. The average Bonchev–Trinajstić information content (AvgIpc) is 2.57. The molecule has 0 aliphatic heterocycles. The van der Waals surface area contributed by atoms with Crippen molar-refractivity contribution in [1.29, 1.82) is 0 Å². The van der Waals surface area contributed by atoms with Gasteiger partial charge in [-0.2, -0.15) is 0 Å². The fourth-order valence-corrected chi connectivity index (χ4v) is 2.14. The number of anilines is 1. The number of carbonyl (C=O) groups is 2. The minimum Gasteiger partial charge on any atom is -0.482 e. The molecule has 0 aliphatic rings. The number of carboxylic acid groups (broad SMARTS) is 1. The molecular weight excluding hydrogens is 310 g/mol. The lowest BCUT2D eigenvalue weighted by Gasteiger charge is -2.28. The zero-order chi connectivity index (χ0) is 18.0. The van der Waals surface area contributed by atoms with E-state index >= 15 is 0 Å². The SMILES string of the molecule is CCCC[C@@](C)(OCCC)C(=O)Nc1ccc(OCC(=O)O)cc1. The second-order valence-electron chi connectivity index (χ2n) is 5.84. The molecule has 0 radical (unpaired) electrons. The summed E-state index contributed by atoms with van der Waals surface area (Å²) in [6, 6.07) is 6.59. The lowest BCUT2D eigenvalue weighted by molar-refractivity contribution is -0.140. The highest BCUT2D eigenvalue weighted by Gasteiger charge is 2.33. The Kier molecular flexibility index (Phi) is 8.26. The zero-order valence-corrected chi connectivity index (χ0v) is 14.6. The molecule has 0 heterocycles. The van der Waals surface area contributed by atoms with Gasteiger partial charge in [0.2, 0.25) is 0 Å². The molecule has 0 spiro atoms. The summed E-state index contributed by atoms with van der Waals surface area (Å²) in [5, 5.41) is 11.4.